The number of benzene rings is 2. The van der Waals surface area contributed by atoms with Crippen LogP contribution in [0.3, 0.4) is 0 Å². The minimum Gasteiger partial charge on any atom is -0.481 e. The normalized spacial score (nSPS) is 32.3. The first kappa shape index (κ1) is 18.6. The fourth-order valence-electron chi connectivity index (χ4n) is 7.27. The number of carbonyl (C=O) groups is 2. The Morgan fingerprint density at radius 2 is 1.83 bits per heavy atom. The zero-order chi connectivity index (χ0) is 20.2. The first-order chi connectivity index (χ1) is 14.0. The standard InChI is InChI=1S/C26H28O3/c1-2-21-22(18-6-3-5-16(9-18)15-27)7-4-8-23(21)26-12-17-10-19(13-26)24(25(28)29)20(11-17)14-26/h3-9,15,17,19-20,24H,2,10-14H2,1H3,(H,28,29). The van der Waals surface area contributed by atoms with Crippen molar-refractivity contribution >= 4 is 12.3 Å². The van der Waals surface area contributed by atoms with Crippen LogP contribution in [0.4, 0.5) is 0 Å². The Labute approximate surface area is 172 Å². The lowest BCUT2D eigenvalue weighted by Gasteiger charge is -2.59. The fraction of sp³-hybridized carbons (Fsp3) is 0.462. The van der Waals surface area contributed by atoms with Crippen LogP contribution in [0.15, 0.2) is 42.5 Å². The van der Waals surface area contributed by atoms with Crippen LogP contribution in [0.2, 0.25) is 0 Å². The molecule has 0 heterocycles. The summed E-state index contributed by atoms with van der Waals surface area (Å²) in [5.74, 6) is 0.604. The fourth-order valence-corrected chi connectivity index (χ4v) is 7.27. The van der Waals surface area contributed by atoms with E-state index >= 15 is 0 Å². The van der Waals surface area contributed by atoms with Crippen molar-refractivity contribution in [2.24, 2.45) is 23.7 Å². The number of rotatable bonds is 5. The summed E-state index contributed by atoms with van der Waals surface area (Å²) in [6, 6.07) is 14.5. The Balaban J connectivity index is 1.60. The summed E-state index contributed by atoms with van der Waals surface area (Å²) in [6.07, 6.45) is 7.28. The maximum absolute atomic E-state index is 11.9. The lowest BCUT2D eigenvalue weighted by molar-refractivity contribution is -0.157. The van der Waals surface area contributed by atoms with Crippen molar-refractivity contribution in [3.05, 3.63) is 59.2 Å². The van der Waals surface area contributed by atoms with Gasteiger partial charge in [0.15, 0.2) is 0 Å². The van der Waals surface area contributed by atoms with Crippen LogP contribution in [-0.4, -0.2) is 17.4 Å². The molecular weight excluding hydrogens is 360 g/mol. The third-order valence-corrected chi connectivity index (χ3v) is 7.99. The lowest BCUT2D eigenvalue weighted by atomic mass is 9.44. The summed E-state index contributed by atoms with van der Waals surface area (Å²) >= 11 is 0. The molecule has 29 heavy (non-hydrogen) atoms. The maximum atomic E-state index is 11.9. The Morgan fingerprint density at radius 3 is 2.48 bits per heavy atom. The molecule has 4 bridgehead atoms. The van der Waals surface area contributed by atoms with Gasteiger partial charge in [-0.05, 0) is 90.0 Å². The third kappa shape index (κ3) is 2.86. The van der Waals surface area contributed by atoms with Crippen LogP contribution >= 0.6 is 0 Å². The molecule has 4 saturated carbocycles. The average molecular weight is 389 g/mol. The van der Waals surface area contributed by atoms with Crippen LogP contribution in [0.5, 0.6) is 0 Å². The van der Waals surface area contributed by atoms with E-state index in [2.05, 4.69) is 31.2 Å². The highest BCUT2D eigenvalue weighted by Crippen LogP contribution is 2.63. The van der Waals surface area contributed by atoms with E-state index in [1.54, 1.807) is 0 Å². The van der Waals surface area contributed by atoms with E-state index in [-0.39, 0.29) is 11.3 Å². The molecule has 6 rings (SSSR count). The molecule has 0 amide bonds. The van der Waals surface area contributed by atoms with Gasteiger partial charge in [0.05, 0.1) is 5.92 Å². The average Bonchev–Trinajstić information content (AvgIpc) is 2.72. The van der Waals surface area contributed by atoms with Crippen LogP contribution in [0, 0.1) is 23.7 Å². The largest absolute Gasteiger partial charge is 0.481 e. The lowest BCUT2D eigenvalue weighted by Crippen LogP contribution is -2.55. The van der Waals surface area contributed by atoms with Gasteiger partial charge in [0.1, 0.15) is 6.29 Å². The highest BCUT2D eigenvalue weighted by atomic mass is 16.4. The van der Waals surface area contributed by atoms with E-state index in [1.165, 1.54) is 23.1 Å². The SMILES string of the molecule is CCc1c(-c2cccc(C=O)c2)cccc1C12CC3CC(C1)C(C(=O)O)C(C3)C2. The van der Waals surface area contributed by atoms with E-state index in [0.717, 1.165) is 44.0 Å². The second-order valence-electron chi connectivity index (χ2n) is 9.54. The van der Waals surface area contributed by atoms with Gasteiger partial charge in [-0.3, -0.25) is 9.59 Å². The zero-order valence-electron chi connectivity index (χ0n) is 16.9. The van der Waals surface area contributed by atoms with Gasteiger partial charge >= 0.3 is 5.97 Å². The molecule has 4 aliphatic rings. The first-order valence-corrected chi connectivity index (χ1v) is 11.0. The summed E-state index contributed by atoms with van der Waals surface area (Å²) in [7, 11) is 0. The van der Waals surface area contributed by atoms with Gasteiger partial charge in [0, 0.05) is 5.56 Å². The van der Waals surface area contributed by atoms with Gasteiger partial charge in [-0.1, -0.05) is 43.3 Å². The molecule has 2 atom stereocenters. The zero-order valence-corrected chi connectivity index (χ0v) is 16.9. The van der Waals surface area contributed by atoms with E-state index in [1.807, 2.05) is 18.2 Å². The minimum absolute atomic E-state index is 0.131. The highest BCUT2D eigenvalue weighted by Gasteiger charge is 2.58. The molecule has 2 unspecified atom stereocenters. The molecule has 3 nitrogen and oxygen atoms in total. The Morgan fingerprint density at radius 1 is 1.10 bits per heavy atom. The van der Waals surface area contributed by atoms with Crippen molar-refractivity contribution in [2.45, 2.75) is 50.9 Å². The number of aliphatic carboxylic acids is 1. The van der Waals surface area contributed by atoms with Crippen molar-refractivity contribution in [3.8, 4) is 11.1 Å². The van der Waals surface area contributed by atoms with E-state index in [4.69, 9.17) is 0 Å². The maximum Gasteiger partial charge on any atom is 0.307 e. The Hall–Kier alpha value is -2.42. The minimum atomic E-state index is -0.580. The Kier molecular flexibility index (Phi) is 4.38. The molecule has 150 valence electrons. The molecule has 4 fully saturated rings. The second kappa shape index (κ2) is 6.83. The summed E-state index contributed by atoms with van der Waals surface area (Å²) in [6.45, 7) is 2.21. The number of aldehydes is 1. The monoisotopic (exact) mass is 388 g/mol. The molecule has 1 N–H and O–H groups in total. The molecule has 0 spiro atoms. The predicted molar refractivity (Wildman–Crippen MR) is 113 cm³/mol. The number of hydrogen-bond acceptors (Lipinski definition) is 2. The highest BCUT2D eigenvalue weighted by molar-refractivity contribution is 5.80. The van der Waals surface area contributed by atoms with Gasteiger partial charge in [0.25, 0.3) is 0 Å². The molecule has 0 radical (unpaired) electrons. The molecular formula is C26H28O3. The predicted octanol–water partition coefficient (Wildman–Crippen LogP) is 5.51. The molecule has 2 aromatic carbocycles. The van der Waals surface area contributed by atoms with Gasteiger partial charge < -0.3 is 5.11 Å². The van der Waals surface area contributed by atoms with E-state index in [0.29, 0.717) is 23.3 Å². The number of carboxylic acid groups (broad SMARTS) is 1. The van der Waals surface area contributed by atoms with Gasteiger partial charge in [-0.25, -0.2) is 0 Å². The number of carbonyl (C=O) groups excluding carboxylic acids is 1. The smallest absolute Gasteiger partial charge is 0.307 e. The summed E-state index contributed by atoms with van der Waals surface area (Å²) < 4.78 is 0. The van der Waals surface area contributed by atoms with Crippen molar-refractivity contribution < 1.29 is 14.7 Å². The van der Waals surface area contributed by atoms with Crippen molar-refractivity contribution in [3.63, 3.8) is 0 Å². The second-order valence-corrected chi connectivity index (χ2v) is 9.54. The summed E-state index contributed by atoms with van der Waals surface area (Å²) in [4.78, 5) is 23.2. The molecule has 0 aliphatic heterocycles. The van der Waals surface area contributed by atoms with Gasteiger partial charge in [-0.2, -0.15) is 0 Å². The van der Waals surface area contributed by atoms with Crippen LogP contribution in [-0.2, 0) is 16.6 Å². The van der Waals surface area contributed by atoms with Crippen LogP contribution in [0.1, 0.15) is 60.5 Å². The van der Waals surface area contributed by atoms with Crippen molar-refractivity contribution in [1.29, 1.82) is 0 Å². The molecule has 0 aromatic heterocycles. The van der Waals surface area contributed by atoms with Crippen LogP contribution < -0.4 is 0 Å². The molecule has 0 saturated heterocycles. The number of carboxylic acids is 1. The summed E-state index contributed by atoms with van der Waals surface area (Å²) in [5.41, 5.74) is 5.97. The number of hydrogen-bond donors (Lipinski definition) is 1. The van der Waals surface area contributed by atoms with E-state index in [9.17, 15) is 14.7 Å². The van der Waals surface area contributed by atoms with Gasteiger partial charge in [0.2, 0.25) is 0 Å². The van der Waals surface area contributed by atoms with E-state index < -0.39 is 5.97 Å². The van der Waals surface area contributed by atoms with Crippen molar-refractivity contribution in [2.75, 3.05) is 0 Å². The summed E-state index contributed by atoms with van der Waals surface area (Å²) in [5, 5.41) is 9.81. The Bertz CT molecular complexity index is 960. The third-order valence-electron chi connectivity index (χ3n) is 7.99. The quantitative estimate of drug-likeness (QED) is 0.688. The van der Waals surface area contributed by atoms with Crippen molar-refractivity contribution in [1.82, 2.24) is 0 Å². The van der Waals surface area contributed by atoms with Crippen LogP contribution in [0.25, 0.3) is 11.1 Å². The first-order valence-electron chi connectivity index (χ1n) is 11.0. The van der Waals surface area contributed by atoms with Gasteiger partial charge in [-0.15, -0.1) is 0 Å². The molecule has 3 heteroatoms. The molecule has 2 aromatic rings. The molecule has 4 aliphatic carbocycles. The topological polar surface area (TPSA) is 54.4 Å².